The van der Waals surface area contributed by atoms with Gasteiger partial charge in [-0.2, -0.15) is 10.1 Å². The number of methoxy groups -OCH3 is 2. The van der Waals surface area contributed by atoms with E-state index >= 15 is 0 Å². The molecule has 2 N–H and O–H groups in total. The first-order valence-corrected chi connectivity index (χ1v) is 8.25. The molecule has 0 bridgehead atoms. The molecule has 1 heterocycles. The third-order valence-corrected chi connectivity index (χ3v) is 4.14. The first kappa shape index (κ1) is 18.0. The van der Waals surface area contributed by atoms with E-state index in [1.165, 1.54) is 6.20 Å². The van der Waals surface area contributed by atoms with Crippen molar-refractivity contribution in [2.24, 2.45) is 0 Å². The van der Waals surface area contributed by atoms with Crippen molar-refractivity contribution in [3.63, 3.8) is 0 Å². The van der Waals surface area contributed by atoms with E-state index in [4.69, 9.17) is 32.7 Å². The topological polar surface area (TPSA) is 81.2 Å². The van der Waals surface area contributed by atoms with Crippen LogP contribution in [-0.4, -0.2) is 29.4 Å². The Morgan fingerprint density at radius 1 is 0.923 bits per heavy atom. The van der Waals surface area contributed by atoms with Crippen molar-refractivity contribution in [3.05, 3.63) is 52.6 Å². The fourth-order valence-corrected chi connectivity index (χ4v) is 2.47. The Kier molecular flexibility index (Phi) is 5.60. The molecule has 0 saturated heterocycles. The van der Waals surface area contributed by atoms with Crippen LogP contribution in [0.3, 0.4) is 0 Å². The summed E-state index contributed by atoms with van der Waals surface area (Å²) in [6, 6.07) is 10.5. The fourth-order valence-electron chi connectivity index (χ4n) is 2.17. The van der Waals surface area contributed by atoms with Crippen LogP contribution in [0.2, 0.25) is 10.0 Å². The molecule has 7 nitrogen and oxygen atoms in total. The molecule has 0 radical (unpaired) electrons. The van der Waals surface area contributed by atoms with Crippen molar-refractivity contribution >= 4 is 46.3 Å². The number of nitrogens with zero attached hydrogens (tertiary/aromatic N) is 3. The van der Waals surface area contributed by atoms with Crippen molar-refractivity contribution < 1.29 is 9.47 Å². The predicted octanol–water partition coefficient (Wildman–Crippen LogP) is 4.68. The van der Waals surface area contributed by atoms with Gasteiger partial charge in [-0.25, -0.2) is 0 Å². The summed E-state index contributed by atoms with van der Waals surface area (Å²) in [5.74, 6) is 2.11. The van der Waals surface area contributed by atoms with Crippen molar-refractivity contribution in [2.75, 3.05) is 24.9 Å². The number of halogens is 2. The van der Waals surface area contributed by atoms with Gasteiger partial charge >= 0.3 is 0 Å². The summed E-state index contributed by atoms with van der Waals surface area (Å²) in [6.07, 6.45) is 1.50. The van der Waals surface area contributed by atoms with Crippen LogP contribution >= 0.6 is 23.2 Å². The Bertz CT molecular complexity index is 923. The van der Waals surface area contributed by atoms with Gasteiger partial charge in [0.1, 0.15) is 11.5 Å². The summed E-state index contributed by atoms with van der Waals surface area (Å²) in [6.45, 7) is 0. The number of benzene rings is 2. The summed E-state index contributed by atoms with van der Waals surface area (Å²) in [7, 11) is 3.18. The third kappa shape index (κ3) is 4.25. The largest absolute Gasteiger partial charge is 0.497 e. The molecule has 0 fully saturated rings. The van der Waals surface area contributed by atoms with E-state index in [-0.39, 0.29) is 0 Å². The van der Waals surface area contributed by atoms with Crippen molar-refractivity contribution in [3.8, 4) is 11.5 Å². The molecule has 0 aliphatic rings. The van der Waals surface area contributed by atoms with Gasteiger partial charge in [0.2, 0.25) is 5.95 Å². The standard InChI is InChI=1S/C17H15Cl2N5O2/c1-25-11-4-6-15(26-2)14(8-11)22-16-9-20-24-17(23-16)21-10-3-5-12(18)13(19)7-10/h3-9H,1-2H3,(H2,21,22,23,24). The molecule has 0 amide bonds. The SMILES string of the molecule is COc1ccc(OC)c(Nc2cnnc(Nc3ccc(Cl)c(Cl)c3)n2)c1. The van der Waals surface area contributed by atoms with E-state index in [9.17, 15) is 0 Å². The average molecular weight is 392 g/mol. The number of aromatic nitrogens is 3. The summed E-state index contributed by atoms with van der Waals surface area (Å²) in [5, 5.41) is 15.0. The van der Waals surface area contributed by atoms with Crippen LogP contribution in [0.5, 0.6) is 11.5 Å². The van der Waals surface area contributed by atoms with Crippen LogP contribution in [0.4, 0.5) is 23.1 Å². The third-order valence-electron chi connectivity index (χ3n) is 3.40. The minimum Gasteiger partial charge on any atom is -0.497 e. The number of hydrogen-bond acceptors (Lipinski definition) is 7. The highest BCUT2D eigenvalue weighted by Crippen LogP contribution is 2.31. The van der Waals surface area contributed by atoms with Gasteiger partial charge in [0.15, 0.2) is 5.82 Å². The van der Waals surface area contributed by atoms with Gasteiger partial charge in [0.05, 0.1) is 36.1 Å². The maximum absolute atomic E-state index is 6.01. The van der Waals surface area contributed by atoms with Crippen molar-refractivity contribution in [2.45, 2.75) is 0 Å². The zero-order valence-corrected chi connectivity index (χ0v) is 15.5. The molecular weight excluding hydrogens is 377 g/mol. The molecule has 0 unspecified atom stereocenters. The molecule has 3 rings (SSSR count). The minimum atomic E-state index is 0.301. The molecule has 0 atom stereocenters. The zero-order valence-electron chi connectivity index (χ0n) is 14.0. The number of nitrogens with one attached hydrogen (secondary N) is 2. The second-order valence-electron chi connectivity index (χ2n) is 5.11. The van der Waals surface area contributed by atoms with Crippen LogP contribution < -0.4 is 20.1 Å². The molecule has 0 spiro atoms. The molecule has 0 aliphatic heterocycles. The highest BCUT2D eigenvalue weighted by Gasteiger charge is 2.08. The van der Waals surface area contributed by atoms with Crippen molar-refractivity contribution in [1.82, 2.24) is 15.2 Å². The van der Waals surface area contributed by atoms with E-state index in [1.54, 1.807) is 50.6 Å². The number of anilines is 4. The highest BCUT2D eigenvalue weighted by atomic mass is 35.5. The van der Waals surface area contributed by atoms with Crippen molar-refractivity contribution in [1.29, 1.82) is 0 Å². The molecular formula is C17H15Cl2N5O2. The summed E-state index contributed by atoms with van der Waals surface area (Å²) in [4.78, 5) is 4.38. The molecule has 26 heavy (non-hydrogen) atoms. The summed E-state index contributed by atoms with van der Waals surface area (Å²) in [5.41, 5.74) is 1.38. The van der Waals surface area contributed by atoms with Gasteiger partial charge in [0, 0.05) is 11.8 Å². The number of ether oxygens (including phenoxy) is 2. The van der Waals surface area contributed by atoms with Gasteiger partial charge < -0.3 is 20.1 Å². The second kappa shape index (κ2) is 8.07. The Labute approximate surface area is 160 Å². The number of hydrogen-bond donors (Lipinski definition) is 2. The Morgan fingerprint density at radius 2 is 1.77 bits per heavy atom. The van der Waals surface area contributed by atoms with Crippen LogP contribution in [-0.2, 0) is 0 Å². The van der Waals surface area contributed by atoms with Gasteiger partial charge in [-0.1, -0.05) is 23.2 Å². The molecule has 9 heteroatoms. The Morgan fingerprint density at radius 3 is 2.50 bits per heavy atom. The Hall–Kier alpha value is -2.77. The van der Waals surface area contributed by atoms with Gasteiger partial charge in [0.25, 0.3) is 0 Å². The van der Waals surface area contributed by atoms with E-state index in [1.807, 2.05) is 0 Å². The Balaban J connectivity index is 1.82. The normalized spacial score (nSPS) is 10.3. The van der Waals surface area contributed by atoms with Gasteiger partial charge in [-0.15, -0.1) is 5.10 Å². The zero-order chi connectivity index (χ0) is 18.5. The first-order chi connectivity index (χ1) is 12.6. The van der Waals surface area contributed by atoms with Gasteiger partial charge in [-0.05, 0) is 30.3 Å². The average Bonchev–Trinajstić information content (AvgIpc) is 2.65. The molecule has 3 aromatic rings. The molecule has 1 aromatic heterocycles. The fraction of sp³-hybridized carbons (Fsp3) is 0.118. The first-order valence-electron chi connectivity index (χ1n) is 7.50. The number of rotatable bonds is 6. The maximum atomic E-state index is 6.01. The van der Waals surface area contributed by atoms with E-state index < -0.39 is 0 Å². The van der Waals surface area contributed by atoms with Crippen LogP contribution in [0.25, 0.3) is 0 Å². The molecule has 134 valence electrons. The van der Waals surface area contributed by atoms with E-state index in [0.29, 0.717) is 44.7 Å². The lowest BCUT2D eigenvalue weighted by atomic mass is 10.2. The highest BCUT2D eigenvalue weighted by molar-refractivity contribution is 6.42. The van der Waals surface area contributed by atoms with E-state index in [2.05, 4.69) is 25.8 Å². The van der Waals surface area contributed by atoms with Crippen LogP contribution in [0.15, 0.2) is 42.6 Å². The maximum Gasteiger partial charge on any atom is 0.249 e. The lowest BCUT2D eigenvalue weighted by Gasteiger charge is -2.12. The lowest BCUT2D eigenvalue weighted by molar-refractivity contribution is 0.405. The second-order valence-corrected chi connectivity index (χ2v) is 5.92. The summed E-state index contributed by atoms with van der Waals surface area (Å²) < 4.78 is 10.6. The van der Waals surface area contributed by atoms with E-state index in [0.717, 1.165) is 0 Å². The summed E-state index contributed by atoms with van der Waals surface area (Å²) >= 11 is 11.9. The molecule has 2 aromatic carbocycles. The molecule has 0 aliphatic carbocycles. The lowest BCUT2D eigenvalue weighted by Crippen LogP contribution is -2.03. The quantitative estimate of drug-likeness (QED) is 0.630. The van der Waals surface area contributed by atoms with Gasteiger partial charge in [-0.3, -0.25) is 0 Å². The predicted molar refractivity (Wildman–Crippen MR) is 102 cm³/mol. The monoisotopic (exact) mass is 391 g/mol. The van der Waals surface area contributed by atoms with Crippen LogP contribution in [0.1, 0.15) is 0 Å². The minimum absolute atomic E-state index is 0.301. The van der Waals surface area contributed by atoms with Crippen LogP contribution in [0, 0.1) is 0 Å². The molecule has 0 saturated carbocycles. The smallest absolute Gasteiger partial charge is 0.249 e.